The Morgan fingerprint density at radius 1 is 1.04 bits per heavy atom. The highest BCUT2D eigenvalue weighted by molar-refractivity contribution is 7.90. The lowest BCUT2D eigenvalue weighted by atomic mass is 9.96. The van der Waals surface area contributed by atoms with Gasteiger partial charge in [-0.3, -0.25) is 4.79 Å². The molecule has 4 rings (SSSR count). The van der Waals surface area contributed by atoms with Crippen LogP contribution in [0.25, 0.3) is 0 Å². The van der Waals surface area contributed by atoms with E-state index in [1.54, 1.807) is 25.1 Å². The van der Waals surface area contributed by atoms with Gasteiger partial charge >= 0.3 is 0 Å². The molecule has 0 spiro atoms. The topological polar surface area (TPSA) is 54.5 Å². The van der Waals surface area contributed by atoms with Gasteiger partial charge in [0.2, 0.25) is 0 Å². The molecular formula is C20H21NO3S. The molecule has 0 radical (unpaired) electrons. The second kappa shape index (κ2) is 5.99. The predicted octanol–water partition coefficient (Wildman–Crippen LogP) is 3.72. The molecule has 2 aliphatic rings. The van der Waals surface area contributed by atoms with Gasteiger partial charge in [0.25, 0.3) is 15.9 Å². The van der Waals surface area contributed by atoms with Crippen molar-refractivity contribution in [3.8, 4) is 0 Å². The third kappa shape index (κ3) is 2.67. The van der Waals surface area contributed by atoms with Crippen molar-refractivity contribution in [1.29, 1.82) is 0 Å². The highest BCUT2D eigenvalue weighted by Gasteiger charge is 2.43. The third-order valence-corrected chi connectivity index (χ3v) is 7.41. The summed E-state index contributed by atoms with van der Waals surface area (Å²) in [5.74, 6) is 0.302. The van der Waals surface area contributed by atoms with Crippen molar-refractivity contribution in [3.63, 3.8) is 0 Å². The molecular weight excluding hydrogens is 334 g/mol. The molecule has 1 aliphatic carbocycles. The highest BCUT2D eigenvalue weighted by Crippen LogP contribution is 2.41. The maximum Gasteiger partial charge on any atom is 0.269 e. The van der Waals surface area contributed by atoms with Crippen LogP contribution in [-0.2, 0) is 10.0 Å². The van der Waals surface area contributed by atoms with E-state index in [-0.39, 0.29) is 16.7 Å². The van der Waals surface area contributed by atoms with Crippen LogP contribution >= 0.6 is 0 Å². The number of carbonyl (C=O) groups excluding carboxylic acids is 1. The maximum atomic E-state index is 12.9. The molecule has 0 saturated heterocycles. The van der Waals surface area contributed by atoms with Crippen LogP contribution in [0.1, 0.15) is 46.7 Å². The number of rotatable bonds is 3. The summed E-state index contributed by atoms with van der Waals surface area (Å²) >= 11 is 0. The first-order chi connectivity index (χ1) is 12.0. The summed E-state index contributed by atoms with van der Waals surface area (Å²) in [6, 6.07) is 15.4. The minimum Gasteiger partial charge on any atom is -0.268 e. The number of carbonyl (C=O) groups is 1. The Kier molecular flexibility index (Phi) is 3.91. The quantitative estimate of drug-likeness (QED) is 0.843. The molecule has 2 atom stereocenters. The van der Waals surface area contributed by atoms with Crippen LogP contribution in [-0.4, -0.2) is 25.2 Å². The predicted molar refractivity (Wildman–Crippen MR) is 95.9 cm³/mol. The van der Waals surface area contributed by atoms with Gasteiger partial charge in [-0.25, -0.2) is 12.7 Å². The summed E-state index contributed by atoms with van der Waals surface area (Å²) in [5, 5.41) is 0. The molecule has 1 saturated carbocycles. The SMILES string of the molecule is Cc1cccc2c1S(=O)(=O)N(CC1CCC(c3ccccc3)C1)C2=O. The largest absolute Gasteiger partial charge is 0.269 e. The van der Waals surface area contributed by atoms with Gasteiger partial charge in [0.15, 0.2) is 0 Å². The maximum absolute atomic E-state index is 12.9. The molecule has 2 unspecified atom stereocenters. The smallest absolute Gasteiger partial charge is 0.268 e. The lowest BCUT2D eigenvalue weighted by Crippen LogP contribution is -2.34. The van der Waals surface area contributed by atoms with Crippen LogP contribution < -0.4 is 0 Å². The third-order valence-electron chi connectivity index (χ3n) is 5.45. The molecule has 0 bridgehead atoms. The van der Waals surface area contributed by atoms with Crippen LogP contribution in [0.15, 0.2) is 53.4 Å². The van der Waals surface area contributed by atoms with Crippen molar-refractivity contribution < 1.29 is 13.2 Å². The number of amides is 1. The molecule has 4 nitrogen and oxygen atoms in total. The van der Waals surface area contributed by atoms with E-state index in [4.69, 9.17) is 0 Å². The lowest BCUT2D eigenvalue weighted by Gasteiger charge is -2.20. The zero-order chi connectivity index (χ0) is 17.6. The van der Waals surface area contributed by atoms with Crippen LogP contribution in [0.5, 0.6) is 0 Å². The summed E-state index contributed by atoms with van der Waals surface area (Å²) in [5.41, 5.74) is 2.26. The first-order valence-electron chi connectivity index (χ1n) is 8.70. The Hall–Kier alpha value is -2.14. The minimum absolute atomic E-state index is 0.192. The number of hydrogen-bond acceptors (Lipinski definition) is 3. The number of hydrogen-bond donors (Lipinski definition) is 0. The van der Waals surface area contributed by atoms with Gasteiger partial charge < -0.3 is 0 Å². The number of sulfonamides is 1. The van der Waals surface area contributed by atoms with Gasteiger partial charge in [-0.1, -0.05) is 42.5 Å². The van der Waals surface area contributed by atoms with E-state index in [0.29, 0.717) is 23.6 Å². The van der Waals surface area contributed by atoms with Gasteiger partial charge in [0.05, 0.1) is 5.56 Å². The van der Waals surface area contributed by atoms with Gasteiger partial charge in [-0.2, -0.15) is 0 Å². The number of aryl methyl sites for hydroxylation is 1. The zero-order valence-corrected chi connectivity index (χ0v) is 15.0. The van der Waals surface area contributed by atoms with E-state index in [1.807, 2.05) is 18.2 Å². The molecule has 5 heteroatoms. The minimum atomic E-state index is -3.71. The summed E-state index contributed by atoms with van der Waals surface area (Å²) < 4.78 is 26.8. The Morgan fingerprint density at radius 2 is 1.80 bits per heavy atom. The van der Waals surface area contributed by atoms with E-state index in [0.717, 1.165) is 23.6 Å². The molecule has 2 aromatic rings. The number of fused-ring (bicyclic) bond motifs is 1. The van der Waals surface area contributed by atoms with Gasteiger partial charge in [-0.15, -0.1) is 0 Å². The monoisotopic (exact) mass is 355 g/mol. The highest BCUT2D eigenvalue weighted by atomic mass is 32.2. The van der Waals surface area contributed by atoms with E-state index in [9.17, 15) is 13.2 Å². The van der Waals surface area contributed by atoms with Crippen molar-refractivity contribution in [2.75, 3.05) is 6.54 Å². The van der Waals surface area contributed by atoms with Crippen molar-refractivity contribution in [3.05, 3.63) is 65.2 Å². The van der Waals surface area contributed by atoms with E-state index >= 15 is 0 Å². The lowest BCUT2D eigenvalue weighted by molar-refractivity contribution is 0.0857. The summed E-state index contributed by atoms with van der Waals surface area (Å²) in [6.07, 6.45) is 2.93. The molecule has 130 valence electrons. The summed E-state index contributed by atoms with van der Waals surface area (Å²) in [4.78, 5) is 12.8. The van der Waals surface area contributed by atoms with Crippen LogP contribution in [0, 0.1) is 12.8 Å². The molecule has 1 aliphatic heterocycles. The fraction of sp³-hybridized carbons (Fsp3) is 0.350. The molecule has 1 amide bonds. The first kappa shape index (κ1) is 16.3. The summed E-state index contributed by atoms with van der Waals surface area (Å²) in [7, 11) is -3.71. The normalized spacial score (nSPS) is 24.5. The average molecular weight is 355 g/mol. The van der Waals surface area contributed by atoms with E-state index < -0.39 is 10.0 Å². The van der Waals surface area contributed by atoms with Crippen molar-refractivity contribution in [1.82, 2.24) is 4.31 Å². The fourth-order valence-corrected chi connectivity index (χ4v) is 6.05. The summed E-state index contributed by atoms with van der Waals surface area (Å²) in [6.45, 7) is 2.03. The Balaban J connectivity index is 1.55. The number of benzene rings is 2. The first-order valence-corrected chi connectivity index (χ1v) is 10.1. The Morgan fingerprint density at radius 3 is 2.52 bits per heavy atom. The standard InChI is InChI=1S/C20H21NO3S/c1-14-6-5-9-18-19(14)25(23,24)21(20(18)22)13-15-10-11-17(12-15)16-7-3-2-4-8-16/h2-9,15,17H,10-13H2,1H3. The molecule has 25 heavy (non-hydrogen) atoms. The van der Waals surface area contributed by atoms with Crippen molar-refractivity contribution in [2.45, 2.75) is 37.0 Å². The fourth-order valence-electron chi connectivity index (χ4n) is 4.20. The van der Waals surface area contributed by atoms with Crippen molar-refractivity contribution >= 4 is 15.9 Å². The van der Waals surface area contributed by atoms with E-state index in [2.05, 4.69) is 12.1 Å². The van der Waals surface area contributed by atoms with Crippen molar-refractivity contribution in [2.24, 2.45) is 5.92 Å². The van der Waals surface area contributed by atoms with Crippen LogP contribution in [0.2, 0.25) is 0 Å². The Labute approximate surface area is 148 Å². The van der Waals surface area contributed by atoms with Gasteiger partial charge in [0, 0.05) is 6.54 Å². The van der Waals surface area contributed by atoms with E-state index in [1.165, 1.54) is 5.56 Å². The number of nitrogens with zero attached hydrogens (tertiary/aromatic N) is 1. The molecule has 1 fully saturated rings. The van der Waals surface area contributed by atoms with Gasteiger partial charge in [-0.05, 0) is 55.2 Å². The van der Waals surface area contributed by atoms with Gasteiger partial charge in [0.1, 0.15) is 4.90 Å². The Bertz CT molecular complexity index is 921. The molecule has 0 aromatic heterocycles. The average Bonchev–Trinajstić information content (AvgIpc) is 3.14. The molecule has 0 N–H and O–H groups in total. The molecule has 1 heterocycles. The second-order valence-corrected chi connectivity index (χ2v) is 8.88. The second-order valence-electron chi connectivity index (χ2n) is 7.08. The molecule has 2 aromatic carbocycles. The van der Waals surface area contributed by atoms with Crippen LogP contribution in [0.3, 0.4) is 0 Å². The van der Waals surface area contributed by atoms with Crippen LogP contribution in [0.4, 0.5) is 0 Å². The zero-order valence-electron chi connectivity index (χ0n) is 14.2.